The van der Waals surface area contributed by atoms with Crippen LogP contribution in [0.3, 0.4) is 0 Å². The molecule has 1 saturated heterocycles. The maximum atomic E-state index is 12.8. The summed E-state index contributed by atoms with van der Waals surface area (Å²) in [6.07, 6.45) is 1.53. The van der Waals surface area contributed by atoms with Crippen molar-refractivity contribution in [1.82, 2.24) is 4.90 Å². The molecule has 0 N–H and O–H groups in total. The number of nitrogens with zero attached hydrogens (tertiary/aromatic N) is 1. The smallest absolute Gasteiger partial charge is 0.328 e. The van der Waals surface area contributed by atoms with Crippen molar-refractivity contribution in [3.63, 3.8) is 0 Å². The van der Waals surface area contributed by atoms with E-state index >= 15 is 0 Å². The Bertz CT molecular complexity index is 1350. The van der Waals surface area contributed by atoms with E-state index in [9.17, 15) is 14.4 Å². The molecule has 0 radical (unpaired) electrons. The average molecular weight is 512 g/mol. The van der Waals surface area contributed by atoms with Crippen LogP contribution in [-0.2, 0) is 20.9 Å². The van der Waals surface area contributed by atoms with E-state index in [-0.39, 0.29) is 16.5 Å². The molecule has 4 rings (SSSR count). The molecule has 0 saturated carbocycles. The summed E-state index contributed by atoms with van der Waals surface area (Å²) < 4.78 is 16.2. The number of hydrogen-bond donors (Lipinski definition) is 0. The number of carbonyl (C=O) groups excluding carboxylic acids is 3. The predicted molar refractivity (Wildman–Crippen MR) is 136 cm³/mol. The van der Waals surface area contributed by atoms with Crippen LogP contribution in [0.2, 0.25) is 5.02 Å². The van der Waals surface area contributed by atoms with Crippen molar-refractivity contribution in [2.75, 3.05) is 14.2 Å². The quantitative estimate of drug-likeness (QED) is 0.298. The lowest BCUT2D eigenvalue weighted by Gasteiger charge is -2.18. The second kappa shape index (κ2) is 10.4. The molecule has 9 heteroatoms. The van der Waals surface area contributed by atoms with E-state index in [0.29, 0.717) is 17.1 Å². The van der Waals surface area contributed by atoms with Gasteiger partial charge in [-0.25, -0.2) is 4.79 Å². The van der Waals surface area contributed by atoms with Crippen LogP contribution in [0.25, 0.3) is 16.8 Å². The Kier molecular flexibility index (Phi) is 7.33. The molecule has 0 aromatic heterocycles. The Morgan fingerprint density at radius 2 is 1.86 bits per heavy atom. The standard InChI is InChI=1S/C26H22ClNO6S/c1-15(25(30)33-3)28-24(29)22(35-26(28)31)13-16-11-20(27)23(21(12-16)32-2)34-14-18-9-6-8-17-7-4-5-10-19(17)18/h4-13,15H,14H2,1-3H3/b22-13+/t15-/m0/s1. The van der Waals surface area contributed by atoms with Gasteiger partial charge in [0.15, 0.2) is 11.5 Å². The molecule has 1 aliphatic heterocycles. The summed E-state index contributed by atoms with van der Waals surface area (Å²) >= 11 is 7.26. The zero-order valence-corrected chi connectivity index (χ0v) is 20.8. The van der Waals surface area contributed by atoms with Crippen molar-refractivity contribution in [3.8, 4) is 11.5 Å². The van der Waals surface area contributed by atoms with Gasteiger partial charge in [-0.3, -0.25) is 14.5 Å². The summed E-state index contributed by atoms with van der Waals surface area (Å²) in [4.78, 5) is 38.0. The zero-order chi connectivity index (χ0) is 25.1. The van der Waals surface area contributed by atoms with Crippen LogP contribution in [0.1, 0.15) is 18.1 Å². The first-order valence-electron chi connectivity index (χ1n) is 10.7. The third-order valence-electron chi connectivity index (χ3n) is 5.55. The first-order chi connectivity index (χ1) is 16.8. The van der Waals surface area contributed by atoms with E-state index in [0.717, 1.165) is 33.0 Å². The van der Waals surface area contributed by atoms with E-state index in [2.05, 4.69) is 4.74 Å². The van der Waals surface area contributed by atoms with E-state index in [1.54, 1.807) is 12.1 Å². The first-order valence-corrected chi connectivity index (χ1v) is 11.9. The number of methoxy groups -OCH3 is 2. The fourth-order valence-corrected chi connectivity index (χ4v) is 4.95. The normalized spacial score (nSPS) is 15.5. The lowest BCUT2D eigenvalue weighted by atomic mass is 10.1. The largest absolute Gasteiger partial charge is 0.493 e. The first kappa shape index (κ1) is 24.6. The third-order valence-corrected chi connectivity index (χ3v) is 6.72. The number of fused-ring (bicyclic) bond motifs is 1. The van der Waals surface area contributed by atoms with Gasteiger partial charge >= 0.3 is 5.97 Å². The van der Waals surface area contributed by atoms with Crippen molar-refractivity contribution in [2.24, 2.45) is 0 Å². The second-order valence-corrected chi connectivity index (χ2v) is 9.11. The zero-order valence-electron chi connectivity index (χ0n) is 19.2. The molecule has 35 heavy (non-hydrogen) atoms. The van der Waals surface area contributed by atoms with Gasteiger partial charge in [-0.2, -0.15) is 0 Å². The molecule has 0 bridgehead atoms. The van der Waals surface area contributed by atoms with E-state index < -0.39 is 23.2 Å². The topological polar surface area (TPSA) is 82.1 Å². The number of imide groups is 1. The number of hydrogen-bond acceptors (Lipinski definition) is 7. The summed E-state index contributed by atoms with van der Waals surface area (Å²) in [5, 5.41) is 1.93. The molecule has 7 nitrogen and oxygen atoms in total. The maximum absolute atomic E-state index is 12.8. The Labute approximate surface area is 211 Å². The number of rotatable bonds is 7. The molecule has 0 aliphatic carbocycles. The SMILES string of the molecule is COC(=O)[C@H](C)N1C(=O)S/C(=C/c2cc(Cl)c(OCc3cccc4ccccc34)c(OC)c2)C1=O. The monoisotopic (exact) mass is 511 g/mol. The van der Waals surface area contributed by atoms with Gasteiger partial charge in [0.05, 0.1) is 24.1 Å². The number of thioether (sulfide) groups is 1. The van der Waals surface area contributed by atoms with Gasteiger partial charge in [0, 0.05) is 0 Å². The molecule has 2 amide bonds. The van der Waals surface area contributed by atoms with E-state index in [1.807, 2.05) is 42.5 Å². The summed E-state index contributed by atoms with van der Waals surface area (Å²) in [7, 11) is 2.69. The second-order valence-electron chi connectivity index (χ2n) is 7.71. The number of ether oxygens (including phenoxy) is 3. The van der Waals surface area contributed by atoms with Crippen LogP contribution in [-0.4, -0.2) is 42.3 Å². The van der Waals surface area contributed by atoms with Gasteiger partial charge in [0.2, 0.25) is 0 Å². The van der Waals surface area contributed by atoms with Crippen LogP contribution < -0.4 is 9.47 Å². The Hall–Kier alpha value is -3.49. The molecule has 1 atom stereocenters. The molecule has 0 unspecified atom stereocenters. The third kappa shape index (κ3) is 4.99. The van der Waals surface area contributed by atoms with Gasteiger partial charge in [0.25, 0.3) is 11.1 Å². The van der Waals surface area contributed by atoms with Gasteiger partial charge in [-0.15, -0.1) is 0 Å². The minimum Gasteiger partial charge on any atom is -0.493 e. The summed E-state index contributed by atoms with van der Waals surface area (Å²) in [5.74, 6) is -0.506. The van der Waals surface area contributed by atoms with E-state index in [1.165, 1.54) is 27.2 Å². The number of benzene rings is 3. The van der Waals surface area contributed by atoms with Crippen molar-refractivity contribution in [1.29, 1.82) is 0 Å². The van der Waals surface area contributed by atoms with Crippen LogP contribution in [0.4, 0.5) is 4.79 Å². The Balaban J connectivity index is 1.58. The van der Waals surface area contributed by atoms with Gasteiger partial charge < -0.3 is 14.2 Å². The van der Waals surface area contributed by atoms with Crippen LogP contribution in [0.15, 0.2) is 59.5 Å². The molecule has 1 aliphatic rings. The van der Waals surface area contributed by atoms with Crippen LogP contribution in [0, 0.1) is 0 Å². The van der Waals surface area contributed by atoms with Crippen LogP contribution in [0.5, 0.6) is 11.5 Å². The molecule has 1 fully saturated rings. The van der Waals surface area contributed by atoms with Crippen molar-refractivity contribution in [3.05, 3.63) is 75.7 Å². The summed E-state index contributed by atoms with van der Waals surface area (Å²) in [5.41, 5.74) is 1.54. The van der Waals surface area contributed by atoms with Gasteiger partial charge in [0.1, 0.15) is 12.6 Å². The maximum Gasteiger partial charge on any atom is 0.328 e. The minimum absolute atomic E-state index is 0.160. The Morgan fingerprint density at radius 1 is 1.11 bits per heavy atom. The number of amides is 2. The highest BCUT2D eigenvalue weighted by Crippen LogP contribution is 2.40. The van der Waals surface area contributed by atoms with Gasteiger partial charge in [-0.05, 0) is 58.8 Å². The molecular formula is C26H22ClNO6S. The lowest BCUT2D eigenvalue weighted by molar-refractivity contribution is -0.148. The Morgan fingerprint density at radius 3 is 2.60 bits per heavy atom. The molecule has 180 valence electrons. The van der Waals surface area contributed by atoms with Crippen LogP contribution >= 0.6 is 23.4 Å². The minimum atomic E-state index is -1.03. The number of carbonyl (C=O) groups is 3. The van der Waals surface area contributed by atoms with Gasteiger partial charge in [-0.1, -0.05) is 54.1 Å². The number of esters is 1. The molecule has 3 aromatic carbocycles. The fraction of sp³-hybridized carbons (Fsp3) is 0.192. The molecular weight excluding hydrogens is 490 g/mol. The summed E-state index contributed by atoms with van der Waals surface area (Å²) in [6.45, 7) is 1.72. The predicted octanol–water partition coefficient (Wildman–Crippen LogP) is 5.68. The van der Waals surface area contributed by atoms with Crippen molar-refractivity contribution in [2.45, 2.75) is 19.6 Å². The van der Waals surface area contributed by atoms with E-state index in [4.69, 9.17) is 21.1 Å². The average Bonchev–Trinajstić information content (AvgIpc) is 3.14. The highest BCUT2D eigenvalue weighted by atomic mass is 35.5. The fourth-order valence-electron chi connectivity index (χ4n) is 3.77. The highest BCUT2D eigenvalue weighted by Gasteiger charge is 2.41. The molecule has 0 spiro atoms. The summed E-state index contributed by atoms with van der Waals surface area (Å²) in [6, 6.07) is 16.3. The molecule has 1 heterocycles. The lowest BCUT2D eigenvalue weighted by Crippen LogP contribution is -2.42. The molecule has 3 aromatic rings. The van der Waals surface area contributed by atoms with Crippen molar-refractivity contribution >= 4 is 57.3 Å². The van der Waals surface area contributed by atoms with Crippen molar-refractivity contribution < 1.29 is 28.6 Å². The highest BCUT2D eigenvalue weighted by molar-refractivity contribution is 8.18. The number of halogens is 1.